The number of rotatable bonds is 1. The Hall–Kier alpha value is -1.05. The summed E-state index contributed by atoms with van der Waals surface area (Å²) in [6.07, 6.45) is 1.80. The topological polar surface area (TPSA) is 22.0 Å². The van der Waals surface area contributed by atoms with Gasteiger partial charge in [-0.15, -0.1) is 0 Å². The van der Waals surface area contributed by atoms with Crippen molar-refractivity contribution in [1.82, 2.24) is 4.57 Å². The highest BCUT2D eigenvalue weighted by Crippen LogP contribution is 1.87. The maximum absolute atomic E-state index is 11.2. The molecule has 0 aliphatic carbocycles. The summed E-state index contributed by atoms with van der Waals surface area (Å²) in [6.45, 7) is 4.54. The largest absolute Gasteiger partial charge is 0.316 e. The van der Waals surface area contributed by atoms with Gasteiger partial charge < -0.3 is 4.57 Å². The van der Waals surface area contributed by atoms with E-state index in [-0.39, 0.29) is 5.56 Å². The minimum absolute atomic E-state index is 0.116. The van der Waals surface area contributed by atoms with E-state index in [1.807, 2.05) is 26.0 Å². The highest BCUT2D eigenvalue weighted by atomic mass is 16.1. The van der Waals surface area contributed by atoms with E-state index in [0.717, 1.165) is 12.1 Å². The molecule has 0 radical (unpaired) electrons. The Morgan fingerprint density at radius 3 is 2.80 bits per heavy atom. The maximum Gasteiger partial charge on any atom is 0.253 e. The van der Waals surface area contributed by atoms with Crippen LogP contribution in [0, 0.1) is 6.92 Å². The third-order valence-electron chi connectivity index (χ3n) is 1.55. The van der Waals surface area contributed by atoms with E-state index < -0.39 is 0 Å². The van der Waals surface area contributed by atoms with Gasteiger partial charge in [-0.2, -0.15) is 0 Å². The lowest BCUT2D eigenvalue weighted by Crippen LogP contribution is -2.19. The van der Waals surface area contributed by atoms with Gasteiger partial charge in [0.1, 0.15) is 0 Å². The van der Waals surface area contributed by atoms with Crippen LogP contribution in [-0.4, -0.2) is 4.57 Å². The van der Waals surface area contributed by atoms with Gasteiger partial charge in [0, 0.05) is 18.3 Å². The van der Waals surface area contributed by atoms with Crippen LogP contribution in [0.3, 0.4) is 0 Å². The Balaban J connectivity index is 3.28. The first-order valence-corrected chi connectivity index (χ1v) is 3.41. The zero-order chi connectivity index (χ0) is 7.56. The molecule has 2 heteroatoms. The Kier molecular flexibility index (Phi) is 1.90. The van der Waals surface area contributed by atoms with E-state index >= 15 is 0 Å². The molecule has 0 saturated heterocycles. The van der Waals surface area contributed by atoms with Crippen LogP contribution in [0.5, 0.6) is 0 Å². The van der Waals surface area contributed by atoms with Crippen LogP contribution in [0.15, 0.2) is 23.1 Å². The molecule has 0 unspecified atom stereocenters. The lowest BCUT2D eigenvalue weighted by atomic mass is 10.3. The van der Waals surface area contributed by atoms with E-state index in [1.54, 1.807) is 10.8 Å². The molecule has 0 aliphatic rings. The predicted molar refractivity (Wildman–Crippen MR) is 41.1 cm³/mol. The predicted octanol–water partition coefficient (Wildman–Crippen LogP) is 1.18. The Bertz CT molecular complexity index is 275. The first-order valence-electron chi connectivity index (χ1n) is 3.41. The van der Waals surface area contributed by atoms with Crippen LogP contribution >= 0.6 is 0 Å². The van der Waals surface area contributed by atoms with Crippen molar-refractivity contribution in [2.45, 2.75) is 20.4 Å². The Morgan fingerprint density at radius 1 is 1.60 bits per heavy atom. The van der Waals surface area contributed by atoms with Crippen LogP contribution in [0.25, 0.3) is 0 Å². The van der Waals surface area contributed by atoms with Crippen LogP contribution in [-0.2, 0) is 6.54 Å². The normalized spacial score (nSPS) is 9.80. The molecule has 0 atom stereocenters. The van der Waals surface area contributed by atoms with Crippen molar-refractivity contribution in [2.75, 3.05) is 0 Å². The minimum Gasteiger partial charge on any atom is -0.316 e. The molecule has 0 bridgehead atoms. The standard InChI is InChI=1S/C8H11NO/c1-3-9-6-4-5-7(2)8(9)10/h4-6H,3H2,1-2H3. The number of pyridine rings is 1. The van der Waals surface area contributed by atoms with Crippen molar-refractivity contribution in [1.29, 1.82) is 0 Å². The fourth-order valence-corrected chi connectivity index (χ4v) is 0.906. The van der Waals surface area contributed by atoms with Crippen LogP contribution in [0.1, 0.15) is 12.5 Å². The summed E-state index contributed by atoms with van der Waals surface area (Å²) in [7, 11) is 0. The molecule has 2 nitrogen and oxygen atoms in total. The molecule has 1 heterocycles. The van der Waals surface area contributed by atoms with Crippen LogP contribution in [0.4, 0.5) is 0 Å². The second-order valence-corrected chi connectivity index (χ2v) is 2.28. The van der Waals surface area contributed by atoms with Gasteiger partial charge in [-0.25, -0.2) is 0 Å². The number of hydrogen-bond donors (Lipinski definition) is 0. The first kappa shape index (κ1) is 7.06. The van der Waals surface area contributed by atoms with E-state index in [1.165, 1.54) is 0 Å². The van der Waals surface area contributed by atoms with Crippen molar-refractivity contribution >= 4 is 0 Å². The summed E-state index contributed by atoms with van der Waals surface area (Å²) < 4.78 is 1.69. The fourth-order valence-electron chi connectivity index (χ4n) is 0.906. The number of hydrogen-bond acceptors (Lipinski definition) is 1. The summed E-state index contributed by atoms with van der Waals surface area (Å²) in [4.78, 5) is 11.2. The lowest BCUT2D eigenvalue weighted by Gasteiger charge is -1.99. The minimum atomic E-state index is 0.116. The smallest absolute Gasteiger partial charge is 0.253 e. The summed E-state index contributed by atoms with van der Waals surface area (Å²) in [5.41, 5.74) is 0.925. The molecular formula is C8H11NO. The lowest BCUT2D eigenvalue weighted by molar-refractivity contribution is 0.721. The third kappa shape index (κ3) is 1.10. The van der Waals surface area contributed by atoms with Gasteiger partial charge in [0.05, 0.1) is 0 Å². The van der Waals surface area contributed by atoms with Gasteiger partial charge in [-0.1, -0.05) is 6.07 Å². The van der Waals surface area contributed by atoms with Gasteiger partial charge in [-0.05, 0) is 19.9 Å². The monoisotopic (exact) mass is 137 g/mol. The first-order chi connectivity index (χ1) is 4.75. The van der Waals surface area contributed by atoms with E-state index in [0.29, 0.717) is 0 Å². The highest BCUT2D eigenvalue weighted by Gasteiger charge is 1.93. The van der Waals surface area contributed by atoms with E-state index in [4.69, 9.17) is 0 Å². The second kappa shape index (κ2) is 2.69. The van der Waals surface area contributed by atoms with Crippen molar-refractivity contribution in [3.63, 3.8) is 0 Å². The van der Waals surface area contributed by atoms with E-state index in [9.17, 15) is 4.79 Å². The quantitative estimate of drug-likeness (QED) is 0.569. The highest BCUT2D eigenvalue weighted by molar-refractivity contribution is 5.07. The molecular weight excluding hydrogens is 126 g/mol. The molecule has 0 N–H and O–H groups in total. The molecule has 0 fully saturated rings. The molecule has 0 aliphatic heterocycles. The Labute approximate surface area is 60.1 Å². The molecule has 1 aromatic heterocycles. The Morgan fingerprint density at radius 2 is 2.30 bits per heavy atom. The second-order valence-electron chi connectivity index (χ2n) is 2.28. The third-order valence-corrected chi connectivity index (χ3v) is 1.55. The van der Waals surface area contributed by atoms with Gasteiger partial charge in [-0.3, -0.25) is 4.79 Å². The van der Waals surface area contributed by atoms with Crippen molar-refractivity contribution in [2.24, 2.45) is 0 Å². The zero-order valence-electron chi connectivity index (χ0n) is 6.29. The number of nitrogens with zero attached hydrogens (tertiary/aromatic N) is 1. The summed E-state index contributed by atoms with van der Waals surface area (Å²) in [5.74, 6) is 0. The molecule has 0 saturated carbocycles. The molecule has 1 rings (SSSR count). The average Bonchev–Trinajstić information content (AvgIpc) is 1.95. The van der Waals surface area contributed by atoms with Crippen molar-refractivity contribution < 1.29 is 0 Å². The maximum atomic E-state index is 11.2. The summed E-state index contributed by atoms with van der Waals surface area (Å²) in [5, 5.41) is 0. The van der Waals surface area contributed by atoms with Crippen LogP contribution in [0.2, 0.25) is 0 Å². The van der Waals surface area contributed by atoms with Crippen molar-refractivity contribution in [3.8, 4) is 0 Å². The fraction of sp³-hybridized carbons (Fsp3) is 0.375. The number of aryl methyl sites for hydroxylation is 2. The van der Waals surface area contributed by atoms with E-state index in [2.05, 4.69) is 0 Å². The summed E-state index contributed by atoms with van der Waals surface area (Å²) >= 11 is 0. The summed E-state index contributed by atoms with van der Waals surface area (Å²) in [6, 6.07) is 3.72. The molecule has 0 amide bonds. The molecule has 10 heavy (non-hydrogen) atoms. The molecule has 0 spiro atoms. The van der Waals surface area contributed by atoms with Gasteiger partial charge >= 0.3 is 0 Å². The molecule has 54 valence electrons. The SMILES string of the molecule is CCn1cccc(C)c1=O. The zero-order valence-corrected chi connectivity index (χ0v) is 6.29. The molecule has 0 aromatic carbocycles. The van der Waals surface area contributed by atoms with Gasteiger partial charge in [0.2, 0.25) is 0 Å². The van der Waals surface area contributed by atoms with Crippen molar-refractivity contribution in [3.05, 3.63) is 34.2 Å². The average molecular weight is 137 g/mol. The van der Waals surface area contributed by atoms with Crippen LogP contribution < -0.4 is 5.56 Å². The molecule has 1 aromatic rings. The van der Waals surface area contributed by atoms with Gasteiger partial charge in [0.15, 0.2) is 0 Å². The number of aromatic nitrogens is 1. The van der Waals surface area contributed by atoms with Gasteiger partial charge in [0.25, 0.3) is 5.56 Å².